The summed E-state index contributed by atoms with van der Waals surface area (Å²) in [5, 5.41) is 8.65. The smallest absolute Gasteiger partial charge is 0.319 e. The van der Waals surface area contributed by atoms with Crippen molar-refractivity contribution in [1.29, 1.82) is 0 Å². The molecule has 0 saturated carbocycles. The molecule has 7 nitrogen and oxygen atoms in total. The molecule has 0 aromatic heterocycles. The number of urea groups is 1. The van der Waals surface area contributed by atoms with Gasteiger partial charge in [-0.25, -0.2) is 4.79 Å². The van der Waals surface area contributed by atoms with Crippen LogP contribution in [0.2, 0.25) is 0 Å². The summed E-state index contributed by atoms with van der Waals surface area (Å²) in [6, 6.07) is 5.25. The zero-order valence-corrected chi connectivity index (χ0v) is 15.2. The van der Waals surface area contributed by atoms with Gasteiger partial charge in [0.2, 0.25) is 0 Å². The van der Waals surface area contributed by atoms with Crippen LogP contribution in [-0.2, 0) is 4.74 Å². The maximum Gasteiger partial charge on any atom is 0.319 e. The maximum atomic E-state index is 12.2. The normalized spacial score (nSPS) is 17.3. The standard InChI is InChI=1S/C18H28N4O3/c1-4-22-10-8-14(12-22)20-18(24)21-16-7-5-6-15(13(16)2)17(23)19-9-11-25-3/h5-7,14H,4,8-12H2,1-3H3,(H,19,23)(H2,20,21,24)/t14-/m1/s1. The lowest BCUT2D eigenvalue weighted by Crippen LogP contribution is -2.39. The second-order valence-corrected chi connectivity index (χ2v) is 6.20. The second kappa shape index (κ2) is 9.39. The third kappa shape index (κ3) is 5.44. The highest BCUT2D eigenvalue weighted by atomic mass is 16.5. The highest BCUT2D eigenvalue weighted by molar-refractivity contribution is 5.99. The molecule has 0 bridgehead atoms. The van der Waals surface area contributed by atoms with Crippen LogP contribution < -0.4 is 16.0 Å². The molecule has 2 rings (SSSR count). The third-order valence-corrected chi connectivity index (χ3v) is 4.47. The summed E-state index contributed by atoms with van der Waals surface area (Å²) in [4.78, 5) is 26.8. The summed E-state index contributed by atoms with van der Waals surface area (Å²) in [7, 11) is 1.59. The molecule has 1 atom stereocenters. The highest BCUT2D eigenvalue weighted by Gasteiger charge is 2.22. The predicted octanol–water partition coefficient (Wildman–Crippen LogP) is 1.59. The Morgan fingerprint density at radius 1 is 1.36 bits per heavy atom. The van der Waals surface area contributed by atoms with Crippen molar-refractivity contribution in [2.75, 3.05) is 45.2 Å². The monoisotopic (exact) mass is 348 g/mol. The van der Waals surface area contributed by atoms with Crippen molar-refractivity contribution < 1.29 is 14.3 Å². The molecule has 0 aliphatic carbocycles. The molecule has 0 spiro atoms. The Morgan fingerprint density at radius 2 is 2.16 bits per heavy atom. The van der Waals surface area contributed by atoms with E-state index in [1.807, 2.05) is 6.92 Å². The predicted molar refractivity (Wildman–Crippen MR) is 98.1 cm³/mol. The van der Waals surface area contributed by atoms with Crippen molar-refractivity contribution in [3.8, 4) is 0 Å². The van der Waals surface area contributed by atoms with Crippen molar-refractivity contribution in [2.24, 2.45) is 0 Å². The molecule has 1 saturated heterocycles. The van der Waals surface area contributed by atoms with Crippen molar-refractivity contribution in [2.45, 2.75) is 26.3 Å². The van der Waals surface area contributed by atoms with Crippen LogP contribution in [-0.4, -0.2) is 62.8 Å². The summed E-state index contributed by atoms with van der Waals surface area (Å²) < 4.78 is 4.93. The van der Waals surface area contributed by atoms with Crippen LogP contribution in [0.1, 0.15) is 29.3 Å². The molecule has 0 radical (unpaired) electrons. The average molecular weight is 348 g/mol. The quantitative estimate of drug-likeness (QED) is 0.654. The Labute approximate surface area is 149 Å². The topological polar surface area (TPSA) is 82.7 Å². The van der Waals surface area contributed by atoms with Gasteiger partial charge in [0, 0.05) is 44.0 Å². The number of carbonyl (C=O) groups excluding carboxylic acids is 2. The fraction of sp³-hybridized carbons (Fsp3) is 0.556. The molecule has 3 N–H and O–H groups in total. The van der Waals surface area contributed by atoms with Crippen LogP contribution in [0.3, 0.4) is 0 Å². The number of benzene rings is 1. The Morgan fingerprint density at radius 3 is 2.84 bits per heavy atom. The first-order valence-electron chi connectivity index (χ1n) is 8.71. The molecule has 1 aromatic carbocycles. The second-order valence-electron chi connectivity index (χ2n) is 6.20. The van der Waals surface area contributed by atoms with Crippen molar-refractivity contribution >= 4 is 17.6 Å². The van der Waals surface area contributed by atoms with E-state index in [0.29, 0.717) is 24.4 Å². The number of rotatable bonds is 7. The highest BCUT2D eigenvalue weighted by Crippen LogP contribution is 2.19. The number of hydrogen-bond acceptors (Lipinski definition) is 4. The van der Waals surface area contributed by atoms with Gasteiger partial charge in [-0.15, -0.1) is 0 Å². The summed E-state index contributed by atoms with van der Waals surface area (Å²) in [5.74, 6) is -0.173. The van der Waals surface area contributed by atoms with Gasteiger partial charge in [-0.2, -0.15) is 0 Å². The first-order chi connectivity index (χ1) is 12.0. The minimum Gasteiger partial charge on any atom is -0.383 e. The van der Waals surface area contributed by atoms with Crippen molar-refractivity contribution in [3.63, 3.8) is 0 Å². The molecule has 1 aliphatic rings. The van der Waals surface area contributed by atoms with Crippen LogP contribution in [0.15, 0.2) is 18.2 Å². The first kappa shape index (κ1) is 19.2. The van der Waals surface area contributed by atoms with E-state index in [-0.39, 0.29) is 18.0 Å². The fourth-order valence-electron chi connectivity index (χ4n) is 2.96. The van der Waals surface area contributed by atoms with Crippen molar-refractivity contribution in [3.05, 3.63) is 29.3 Å². The Kier molecular flexibility index (Phi) is 7.21. The zero-order valence-electron chi connectivity index (χ0n) is 15.2. The van der Waals surface area contributed by atoms with Crippen LogP contribution in [0.5, 0.6) is 0 Å². The van der Waals surface area contributed by atoms with E-state index >= 15 is 0 Å². The Hall–Kier alpha value is -2.12. The molecule has 1 aliphatic heterocycles. The molecular weight excluding hydrogens is 320 g/mol. The minimum atomic E-state index is -0.233. The van der Waals surface area contributed by atoms with Gasteiger partial charge in [0.15, 0.2) is 0 Å². The molecule has 0 unspecified atom stereocenters. The van der Waals surface area contributed by atoms with E-state index in [4.69, 9.17) is 4.74 Å². The molecule has 1 fully saturated rings. The Bertz CT molecular complexity index is 606. The SMILES string of the molecule is CCN1CC[C@@H](NC(=O)Nc2cccc(C(=O)NCCOC)c2C)C1. The number of methoxy groups -OCH3 is 1. The van der Waals surface area contributed by atoms with Gasteiger partial charge >= 0.3 is 6.03 Å². The molecule has 138 valence electrons. The van der Waals surface area contributed by atoms with Gasteiger partial charge in [-0.3, -0.25) is 4.79 Å². The average Bonchev–Trinajstić information content (AvgIpc) is 3.04. The van der Waals surface area contributed by atoms with E-state index < -0.39 is 0 Å². The number of ether oxygens (including phenoxy) is 1. The van der Waals surface area contributed by atoms with Gasteiger partial charge in [-0.05, 0) is 37.6 Å². The summed E-state index contributed by atoms with van der Waals surface area (Å²) >= 11 is 0. The van der Waals surface area contributed by atoms with Gasteiger partial charge in [0.1, 0.15) is 0 Å². The summed E-state index contributed by atoms with van der Waals surface area (Å²) in [6.07, 6.45) is 0.961. The molecule has 25 heavy (non-hydrogen) atoms. The molecule has 1 aromatic rings. The molecule has 7 heteroatoms. The number of hydrogen-bond donors (Lipinski definition) is 3. The lowest BCUT2D eigenvalue weighted by molar-refractivity contribution is 0.0936. The number of carbonyl (C=O) groups is 2. The van der Waals surface area contributed by atoms with E-state index in [1.165, 1.54) is 0 Å². The minimum absolute atomic E-state index is 0.167. The Balaban J connectivity index is 1.94. The van der Waals surface area contributed by atoms with Gasteiger partial charge in [0.25, 0.3) is 5.91 Å². The molecular formula is C18H28N4O3. The number of nitrogens with zero attached hydrogens (tertiary/aromatic N) is 1. The van der Waals surface area contributed by atoms with Gasteiger partial charge in [-0.1, -0.05) is 13.0 Å². The van der Waals surface area contributed by atoms with E-state index in [1.54, 1.807) is 25.3 Å². The molecule has 3 amide bonds. The number of likely N-dealkylation sites (tertiary alicyclic amines) is 1. The number of nitrogens with one attached hydrogen (secondary N) is 3. The lowest BCUT2D eigenvalue weighted by atomic mass is 10.1. The van der Waals surface area contributed by atoms with Crippen LogP contribution in [0, 0.1) is 6.92 Å². The van der Waals surface area contributed by atoms with Crippen LogP contribution in [0.25, 0.3) is 0 Å². The third-order valence-electron chi connectivity index (χ3n) is 4.47. The zero-order chi connectivity index (χ0) is 18.2. The maximum absolute atomic E-state index is 12.2. The lowest BCUT2D eigenvalue weighted by Gasteiger charge is -2.17. The fourth-order valence-corrected chi connectivity index (χ4v) is 2.96. The van der Waals surface area contributed by atoms with Gasteiger partial charge in [0.05, 0.1) is 6.61 Å². The molecule has 1 heterocycles. The van der Waals surface area contributed by atoms with E-state index in [2.05, 4.69) is 27.8 Å². The number of likely N-dealkylation sites (N-methyl/N-ethyl adjacent to an activating group) is 1. The summed E-state index contributed by atoms with van der Waals surface area (Å²) in [5.41, 5.74) is 1.93. The largest absolute Gasteiger partial charge is 0.383 e. The first-order valence-corrected chi connectivity index (χ1v) is 8.71. The van der Waals surface area contributed by atoms with E-state index in [9.17, 15) is 9.59 Å². The number of amides is 3. The van der Waals surface area contributed by atoms with E-state index in [0.717, 1.165) is 31.6 Å². The van der Waals surface area contributed by atoms with Crippen molar-refractivity contribution in [1.82, 2.24) is 15.5 Å². The summed E-state index contributed by atoms with van der Waals surface area (Å²) in [6.45, 7) is 7.75. The van der Waals surface area contributed by atoms with Gasteiger partial charge < -0.3 is 25.6 Å². The van der Waals surface area contributed by atoms with Crippen LogP contribution in [0.4, 0.5) is 10.5 Å². The number of anilines is 1. The van der Waals surface area contributed by atoms with Crippen LogP contribution >= 0.6 is 0 Å².